The highest BCUT2D eigenvalue weighted by Gasteiger charge is 2.30. The van der Waals surface area contributed by atoms with Crippen molar-refractivity contribution in [1.82, 2.24) is 10.2 Å². The van der Waals surface area contributed by atoms with Crippen molar-refractivity contribution < 1.29 is 14.3 Å². The topological polar surface area (TPSA) is 58.6 Å². The summed E-state index contributed by atoms with van der Waals surface area (Å²) >= 11 is 0. The summed E-state index contributed by atoms with van der Waals surface area (Å²) in [6.45, 7) is 6.98. The third-order valence-corrected chi connectivity index (χ3v) is 7.64. The third-order valence-electron chi connectivity index (χ3n) is 7.64. The average Bonchev–Trinajstić information content (AvgIpc) is 2.96. The summed E-state index contributed by atoms with van der Waals surface area (Å²) < 4.78 is 5.61. The molecule has 1 saturated carbocycles. The molecule has 4 rings (SSSR count). The fourth-order valence-corrected chi connectivity index (χ4v) is 5.69. The molecule has 0 heterocycles. The van der Waals surface area contributed by atoms with Crippen LogP contribution in [-0.4, -0.2) is 35.5 Å². The maximum atomic E-state index is 13.6. The number of esters is 1. The van der Waals surface area contributed by atoms with Crippen molar-refractivity contribution in [3.63, 3.8) is 0 Å². The monoisotopic (exact) mass is 552 g/mol. The van der Waals surface area contributed by atoms with Crippen LogP contribution in [0.2, 0.25) is 0 Å². The highest BCUT2D eigenvalue weighted by atomic mass is 16.6. The van der Waals surface area contributed by atoms with Crippen LogP contribution in [0.3, 0.4) is 0 Å². The zero-order valence-electron chi connectivity index (χ0n) is 24.9. The fourth-order valence-electron chi connectivity index (χ4n) is 5.69. The Morgan fingerprint density at radius 3 is 2.22 bits per heavy atom. The first-order valence-electron chi connectivity index (χ1n) is 14.8. The van der Waals surface area contributed by atoms with Crippen molar-refractivity contribution in [2.75, 3.05) is 7.05 Å². The van der Waals surface area contributed by atoms with Crippen molar-refractivity contribution in [3.05, 3.63) is 113 Å². The Kier molecular flexibility index (Phi) is 10.5. The predicted molar refractivity (Wildman–Crippen MR) is 166 cm³/mol. The Labute approximate surface area is 245 Å². The van der Waals surface area contributed by atoms with Gasteiger partial charge in [-0.15, -0.1) is 0 Å². The zero-order chi connectivity index (χ0) is 29.2. The van der Waals surface area contributed by atoms with Crippen molar-refractivity contribution in [3.8, 4) is 0 Å². The van der Waals surface area contributed by atoms with Crippen molar-refractivity contribution >= 4 is 18.0 Å². The molecule has 0 atom stereocenters. The van der Waals surface area contributed by atoms with E-state index in [2.05, 4.69) is 28.4 Å². The van der Waals surface area contributed by atoms with Crippen molar-refractivity contribution in [2.45, 2.75) is 83.5 Å². The van der Waals surface area contributed by atoms with Gasteiger partial charge in [-0.1, -0.05) is 78.9 Å². The van der Waals surface area contributed by atoms with E-state index in [1.165, 1.54) is 5.56 Å². The van der Waals surface area contributed by atoms with Crippen LogP contribution in [0.4, 0.5) is 0 Å². The number of nitrogens with one attached hydrogen (secondary N) is 1. The van der Waals surface area contributed by atoms with Crippen LogP contribution >= 0.6 is 0 Å². The Morgan fingerprint density at radius 1 is 0.927 bits per heavy atom. The molecule has 41 heavy (non-hydrogen) atoms. The minimum Gasteiger partial charge on any atom is -0.456 e. The van der Waals surface area contributed by atoms with Crippen molar-refractivity contribution in [2.24, 2.45) is 0 Å². The lowest BCUT2D eigenvalue weighted by atomic mass is 9.79. The number of rotatable bonds is 10. The molecule has 0 aromatic heterocycles. The molecule has 5 heteroatoms. The zero-order valence-corrected chi connectivity index (χ0v) is 24.9. The molecule has 3 aromatic rings. The summed E-state index contributed by atoms with van der Waals surface area (Å²) in [5.41, 5.74) is 4.75. The van der Waals surface area contributed by atoms with E-state index in [9.17, 15) is 9.59 Å². The maximum Gasteiger partial charge on any atom is 0.338 e. The van der Waals surface area contributed by atoms with Gasteiger partial charge in [0.25, 0.3) is 0 Å². The molecule has 0 radical (unpaired) electrons. The second kappa shape index (κ2) is 14.3. The quantitative estimate of drug-likeness (QED) is 0.264. The molecule has 0 spiro atoms. The number of carbonyl (C=O) groups is 2. The standard InChI is InChI=1S/C36H44N2O3/c1-36(2,3)41-35(40)30-20-23-33(31(24-30)25-37-4)29-18-21-32(22-19-29)38(26-28-14-9-6-10-15-28)34(39)17-11-16-27-12-7-5-8-13-27/h5-16,20,23-24,29,32,37H,17-19,21-22,25-26H2,1-4H3. The van der Waals surface area contributed by atoms with Gasteiger partial charge in [-0.25, -0.2) is 4.79 Å². The van der Waals surface area contributed by atoms with Crippen LogP contribution in [0.1, 0.15) is 91.4 Å². The van der Waals surface area contributed by atoms with Gasteiger partial charge >= 0.3 is 5.97 Å². The molecule has 0 aliphatic heterocycles. The second-order valence-electron chi connectivity index (χ2n) is 12.0. The molecule has 0 unspecified atom stereocenters. The highest BCUT2D eigenvalue weighted by molar-refractivity contribution is 5.90. The number of ether oxygens (including phenoxy) is 1. The number of nitrogens with zero attached hydrogens (tertiary/aromatic N) is 1. The number of carbonyl (C=O) groups excluding carboxylic acids is 2. The second-order valence-corrected chi connectivity index (χ2v) is 12.0. The van der Waals surface area contributed by atoms with E-state index in [-0.39, 0.29) is 17.9 Å². The van der Waals surface area contributed by atoms with Gasteiger partial charge in [0.1, 0.15) is 5.60 Å². The molecule has 1 fully saturated rings. The third kappa shape index (κ3) is 8.89. The van der Waals surface area contributed by atoms with E-state index in [1.54, 1.807) is 0 Å². The van der Waals surface area contributed by atoms with Crippen LogP contribution in [0.15, 0.2) is 84.9 Å². The Bertz CT molecular complexity index is 1300. The molecule has 0 bridgehead atoms. The fraction of sp³-hybridized carbons (Fsp3) is 0.389. The highest BCUT2D eigenvalue weighted by Crippen LogP contribution is 2.37. The summed E-state index contributed by atoms with van der Waals surface area (Å²) in [5, 5.41) is 3.27. The molecule has 0 saturated heterocycles. The molecule has 216 valence electrons. The first-order chi connectivity index (χ1) is 19.7. The Balaban J connectivity index is 1.46. The van der Waals surface area contributed by atoms with Crippen LogP contribution in [0.5, 0.6) is 0 Å². The van der Waals surface area contributed by atoms with Gasteiger partial charge in [-0.3, -0.25) is 4.79 Å². The molecule has 1 N–H and O–H groups in total. The van der Waals surface area contributed by atoms with Crippen LogP contribution in [-0.2, 0) is 22.6 Å². The van der Waals surface area contributed by atoms with Crippen LogP contribution in [0.25, 0.3) is 6.08 Å². The van der Waals surface area contributed by atoms with Crippen LogP contribution in [0, 0.1) is 0 Å². The normalized spacial score (nSPS) is 17.4. The average molecular weight is 553 g/mol. The number of benzene rings is 3. The van der Waals surface area contributed by atoms with Gasteiger partial charge in [0.2, 0.25) is 5.91 Å². The smallest absolute Gasteiger partial charge is 0.338 e. The minimum atomic E-state index is -0.530. The first-order valence-corrected chi connectivity index (χ1v) is 14.8. The van der Waals surface area contributed by atoms with E-state index in [1.807, 2.05) is 101 Å². The van der Waals surface area contributed by atoms with E-state index in [4.69, 9.17) is 4.74 Å². The van der Waals surface area contributed by atoms with Gasteiger partial charge in [-0.2, -0.15) is 0 Å². The van der Waals surface area contributed by atoms with Gasteiger partial charge in [0.15, 0.2) is 0 Å². The largest absolute Gasteiger partial charge is 0.456 e. The minimum absolute atomic E-state index is 0.169. The van der Waals surface area contributed by atoms with E-state index in [0.29, 0.717) is 31.0 Å². The van der Waals surface area contributed by atoms with Crippen molar-refractivity contribution in [1.29, 1.82) is 0 Å². The molecular weight excluding hydrogens is 508 g/mol. The van der Waals surface area contributed by atoms with Gasteiger partial charge in [0, 0.05) is 25.6 Å². The number of hydrogen-bond acceptors (Lipinski definition) is 4. The number of amides is 1. The maximum absolute atomic E-state index is 13.6. The van der Waals surface area contributed by atoms with Crippen LogP contribution < -0.4 is 5.32 Å². The summed E-state index contributed by atoms with van der Waals surface area (Å²) in [6.07, 6.45) is 8.32. The Hall–Kier alpha value is -3.70. The van der Waals surface area contributed by atoms with Gasteiger partial charge in [-0.05, 0) is 93.8 Å². The molecule has 1 aliphatic carbocycles. The predicted octanol–water partition coefficient (Wildman–Crippen LogP) is 7.52. The molecule has 3 aromatic carbocycles. The SMILES string of the molecule is CNCc1cc(C(=O)OC(C)(C)C)ccc1C1CCC(N(Cc2ccccc2)C(=O)CC=Cc2ccccc2)CC1. The molecular formula is C36H44N2O3. The summed E-state index contributed by atoms with van der Waals surface area (Å²) in [5.74, 6) is 0.275. The van der Waals surface area contributed by atoms with Gasteiger partial charge < -0.3 is 15.0 Å². The van der Waals surface area contributed by atoms with E-state index >= 15 is 0 Å². The van der Waals surface area contributed by atoms with E-state index in [0.717, 1.165) is 42.4 Å². The molecule has 1 amide bonds. The first kappa shape index (κ1) is 30.3. The molecule has 5 nitrogen and oxygen atoms in total. The summed E-state index contributed by atoms with van der Waals surface area (Å²) in [6, 6.07) is 26.6. The summed E-state index contributed by atoms with van der Waals surface area (Å²) in [4.78, 5) is 28.4. The van der Waals surface area contributed by atoms with Gasteiger partial charge in [0.05, 0.1) is 5.56 Å². The lowest BCUT2D eigenvalue weighted by Gasteiger charge is -2.37. The number of hydrogen-bond donors (Lipinski definition) is 1. The lowest BCUT2D eigenvalue weighted by Crippen LogP contribution is -2.41. The summed E-state index contributed by atoms with van der Waals surface area (Å²) in [7, 11) is 1.93. The van der Waals surface area contributed by atoms with E-state index < -0.39 is 5.60 Å². The molecule has 1 aliphatic rings. The lowest BCUT2D eigenvalue weighted by molar-refractivity contribution is -0.134. The Morgan fingerprint density at radius 2 is 1.59 bits per heavy atom.